The molecular weight excluding hydrogens is 187 g/mol. The topological polar surface area (TPSA) is 0 Å². The molecule has 0 atom stereocenters. The number of benzene rings is 1. The molecule has 0 fully saturated rings. The van der Waals surface area contributed by atoms with Gasteiger partial charge in [0, 0.05) is 19.5 Å². The zero-order valence-corrected chi connectivity index (χ0v) is 6.28. The second-order valence-electron chi connectivity index (χ2n) is 1.58. The predicted molar refractivity (Wildman–Crippen MR) is 30.0 cm³/mol. The Balaban J connectivity index is 0.000000490. The van der Waals surface area contributed by atoms with E-state index < -0.39 is 0 Å². The minimum atomic E-state index is 0. The second-order valence-corrected chi connectivity index (χ2v) is 1.58. The Morgan fingerprint density at radius 3 is 2.50 bits per heavy atom. The largest absolute Gasteiger partial charge is 0.184 e. The molecule has 0 saturated heterocycles. The van der Waals surface area contributed by atoms with Crippen LogP contribution in [0.25, 0.3) is 0 Å². The molecule has 0 amide bonds. The van der Waals surface area contributed by atoms with Gasteiger partial charge in [0.2, 0.25) is 0 Å². The van der Waals surface area contributed by atoms with Gasteiger partial charge in [-0.05, 0) is 0 Å². The monoisotopic (exact) mass is 194 g/mol. The molecule has 0 N–H and O–H groups in total. The molecule has 1 rings (SSSR count). The van der Waals surface area contributed by atoms with Gasteiger partial charge in [-0.1, -0.05) is 6.92 Å². The molecule has 0 aromatic heterocycles. The van der Waals surface area contributed by atoms with E-state index in [1.54, 1.807) is 0 Å². The van der Waals surface area contributed by atoms with Gasteiger partial charge < -0.3 is 0 Å². The van der Waals surface area contributed by atoms with Crippen LogP contribution in [-0.2, 0) is 19.5 Å². The fraction of sp³-hybridized carbons (Fsp3) is 0.143. The quantitative estimate of drug-likeness (QED) is 0.436. The number of rotatable bonds is 0. The summed E-state index contributed by atoms with van der Waals surface area (Å²) in [4.78, 5) is 0. The third-order valence-electron chi connectivity index (χ3n) is 0.863. The summed E-state index contributed by atoms with van der Waals surface area (Å²) >= 11 is 0. The molecule has 0 saturated carbocycles. The van der Waals surface area contributed by atoms with Gasteiger partial charge in [0.15, 0.2) is 0 Å². The van der Waals surface area contributed by atoms with Crippen molar-refractivity contribution in [2.45, 2.75) is 6.92 Å². The van der Waals surface area contributed by atoms with E-state index in [9.17, 15) is 0 Å². The third-order valence-corrected chi connectivity index (χ3v) is 0.863. The van der Waals surface area contributed by atoms with Crippen LogP contribution in [0.2, 0.25) is 0 Å². The molecule has 0 aliphatic carbocycles. The smallest absolute Gasteiger partial charge is 0 e. The average molecular weight is 194 g/mol. The standard InChI is InChI=1S/C7H7.Rh/c1-7-5-3-2-4-6-7;/h2-3,5-6H,1H3;/q-1;. The van der Waals surface area contributed by atoms with Crippen LogP contribution < -0.4 is 0 Å². The molecule has 8 heavy (non-hydrogen) atoms. The summed E-state index contributed by atoms with van der Waals surface area (Å²) < 4.78 is 0. The van der Waals surface area contributed by atoms with Crippen LogP contribution >= 0.6 is 0 Å². The summed E-state index contributed by atoms with van der Waals surface area (Å²) in [7, 11) is 0. The summed E-state index contributed by atoms with van der Waals surface area (Å²) in [5.41, 5.74) is 1.27. The van der Waals surface area contributed by atoms with E-state index >= 15 is 0 Å². The first-order valence-corrected chi connectivity index (χ1v) is 2.32. The summed E-state index contributed by atoms with van der Waals surface area (Å²) in [6.07, 6.45) is 0. The van der Waals surface area contributed by atoms with Crippen LogP contribution in [0, 0.1) is 13.0 Å². The van der Waals surface area contributed by atoms with Crippen molar-refractivity contribution in [3.8, 4) is 0 Å². The summed E-state index contributed by atoms with van der Waals surface area (Å²) in [5, 5.41) is 0. The van der Waals surface area contributed by atoms with Crippen LogP contribution in [0.15, 0.2) is 24.3 Å². The van der Waals surface area contributed by atoms with Crippen molar-refractivity contribution in [2.75, 3.05) is 0 Å². The fourth-order valence-corrected chi connectivity index (χ4v) is 0.483. The van der Waals surface area contributed by atoms with Crippen molar-refractivity contribution in [1.82, 2.24) is 0 Å². The van der Waals surface area contributed by atoms with Gasteiger partial charge in [0.05, 0.1) is 0 Å². The zero-order chi connectivity index (χ0) is 5.11. The first kappa shape index (κ1) is 7.84. The number of aryl methyl sites for hydroxylation is 1. The van der Waals surface area contributed by atoms with Gasteiger partial charge in [-0.3, -0.25) is 0 Å². The molecule has 1 radical (unpaired) electrons. The van der Waals surface area contributed by atoms with Crippen molar-refractivity contribution < 1.29 is 19.5 Å². The molecule has 1 aromatic carbocycles. The van der Waals surface area contributed by atoms with E-state index in [0.29, 0.717) is 0 Å². The van der Waals surface area contributed by atoms with Gasteiger partial charge in [0.25, 0.3) is 0 Å². The SMILES string of the molecule is Cc1c[c-]ccc1.[Rh]. The van der Waals surface area contributed by atoms with E-state index in [1.807, 2.05) is 18.2 Å². The number of hydrogen-bond donors (Lipinski definition) is 0. The molecule has 1 heteroatoms. The van der Waals surface area contributed by atoms with Gasteiger partial charge in [-0.15, -0.1) is 0 Å². The van der Waals surface area contributed by atoms with E-state index in [0.717, 1.165) is 0 Å². The summed E-state index contributed by atoms with van der Waals surface area (Å²) in [5.74, 6) is 0. The first-order chi connectivity index (χ1) is 3.39. The van der Waals surface area contributed by atoms with Crippen LogP contribution in [0.4, 0.5) is 0 Å². The van der Waals surface area contributed by atoms with Gasteiger partial charge in [-0.25, -0.2) is 0 Å². The Hall–Kier alpha value is -0.157. The predicted octanol–water partition coefficient (Wildman–Crippen LogP) is 1.79. The van der Waals surface area contributed by atoms with Crippen LogP contribution in [0.1, 0.15) is 5.56 Å². The van der Waals surface area contributed by atoms with Crippen molar-refractivity contribution in [3.63, 3.8) is 0 Å². The van der Waals surface area contributed by atoms with E-state index in [1.165, 1.54) is 5.56 Å². The van der Waals surface area contributed by atoms with Crippen molar-refractivity contribution in [2.24, 2.45) is 0 Å². The van der Waals surface area contributed by atoms with Crippen molar-refractivity contribution >= 4 is 0 Å². The molecule has 0 aliphatic heterocycles. The fourth-order valence-electron chi connectivity index (χ4n) is 0.483. The minimum absolute atomic E-state index is 0. The average Bonchev–Trinajstić information content (AvgIpc) is 1.69. The van der Waals surface area contributed by atoms with E-state index in [2.05, 4.69) is 19.1 Å². The molecular formula is C7H7Rh-. The summed E-state index contributed by atoms with van der Waals surface area (Å²) in [6, 6.07) is 10.8. The van der Waals surface area contributed by atoms with Crippen LogP contribution in [-0.4, -0.2) is 0 Å². The van der Waals surface area contributed by atoms with Crippen molar-refractivity contribution in [1.29, 1.82) is 0 Å². The normalized spacial score (nSPS) is 7.62. The zero-order valence-electron chi connectivity index (χ0n) is 4.64. The maximum absolute atomic E-state index is 2.96. The van der Waals surface area contributed by atoms with Crippen LogP contribution in [0.3, 0.4) is 0 Å². The Morgan fingerprint density at radius 2 is 2.25 bits per heavy atom. The third kappa shape index (κ3) is 2.23. The molecule has 45 valence electrons. The maximum Gasteiger partial charge on any atom is 0 e. The Kier molecular flexibility index (Phi) is 3.72. The first-order valence-electron chi connectivity index (χ1n) is 2.32. The van der Waals surface area contributed by atoms with Gasteiger partial charge in [0.1, 0.15) is 0 Å². The van der Waals surface area contributed by atoms with Crippen molar-refractivity contribution in [3.05, 3.63) is 35.9 Å². The molecule has 0 heterocycles. The summed E-state index contributed by atoms with van der Waals surface area (Å²) in [6.45, 7) is 2.05. The van der Waals surface area contributed by atoms with E-state index in [-0.39, 0.29) is 19.5 Å². The van der Waals surface area contributed by atoms with Crippen LogP contribution in [0.5, 0.6) is 0 Å². The molecule has 0 aliphatic rings. The number of hydrogen-bond acceptors (Lipinski definition) is 0. The molecule has 0 bridgehead atoms. The Bertz CT molecular complexity index is 134. The molecule has 1 aromatic rings. The Labute approximate surface area is 62.7 Å². The second kappa shape index (κ2) is 3.80. The van der Waals surface area contributed by atoms with Gasteiger partial charge >= 0.3 is 0 Å². The minimum Gasteiger partial charge on any atom is -0.184 e. The van der Waals surface area contributed by atoms with E-state index in [4.69, 9.17) is 0 Å². The molecule has 0 spiro atoms. The molecule has 0 unspecified atom stereocenters. The van der Waals surface area contributed by atoms with Gasteiger partial charge in [-0.2, -0.15) is 35.9 Å². The Morgan fingerprint density at radius 1 is 1.50 bits per heavy atom. The maximum atomic E-state index is 2.96. The molecule has 0 nitrogen and oxygen atoms in total.